The summed E-state index contributed by atoms with van der Waals surface area (Å²) in [6.45, 7) is 15.5. The topological polar surface area (TPSA) is 32.5 Å². The van der Waals surface area contributed by atoms with E-state index in [9.17, 15) is 0 Å². The molecule has 0 aliphatic carbocycles. The van der Waals surface area contributed by atoms with Crippen LogP contribution in [0.1, 0.15) is 36.6 Å². The number of aryl methyl sites for hydroxylation is 1. The molecule has 1 heterocycles. The maximum absolute atomic E-state index is 6.11. The molecule has 1 atom stereocenters. The third kappa shape index (κ3) is 4.06. The summed E-state index contributed by atoms with van der Waals surface area (Å²) in [6, 6.07) is 6.97. The van der Waals surface area contributed by atoms with Crippen LogP contribution in [0.4, 0.5) is 0 Å². The van der Waals surface area contributed by atoms with Crippen LogP contribution in [0, 0.1) is 19.8 Å². The van der Waals surface area contributed by atoms with Crippen LogP contribution in [0.5, 0.6) is 0 Å². The van der Waals surface area contributed by atoms with Gasteiger partial charge in [0, 0.05) is 45.3 Å². The van der Waals surface area contributed by atoms with Crippen LogP contribution >= 0.6 is 0 Å². The van der Waals surface area contributed by atoms with Crippen LogP contribution in [0.3, 0.4) is 0 Å². The first-order valence-corrected chi connectivity index (χ1v) is 8.25. The van der Waals surface area contributed by atoms with Crippen LogP contribution in [-0.4, -0.2) is 49.1 Å². The second kappa shape index (κ2) is 7.39. The van der Waals surface area contributed by atoms with Crippen LogP contribution in [0.15, 0.2) is 18.2 Å². The summed E-state index contributed by atoms with van der Waals surface area (Å²) in [5.74, 6) is 0.751. The van der Waals surface area contributed by atoms with Crippen molar-refractivity contribution in [2.75, 3.05) is 39.3 Å². The summed E-state index contributed by atoms with van der Waals surface area (Å²) in [6.07, 6.45) is 0. The van der Waals surface area contributed by atoms with Gasteiger partial charge in [-0.15, -0.1) is 0 Å². The Kier molecular flexibility index (Phi) is 5.80. The largest absolute Gasteiger partial charge is 0.329 e. The monoisotopic (exact) mass is 289 g/mol. The molecule has 118 valence electrons. The lowest BCUT2D eigenvalue weighted by molar-refractivity contribution is 0.0910. The molecule has 21 heavy (non-hydrogen) atoms. The Labute approximate surface area is 130 Å². The number of hydrogen-bond donors (Lipinski definition) is 1. The molecule has 1 aromatic rings. The summed E-state index contributed by atoms with van der Waals surface area (Å²) >= 11 is 0. The summed E-state index contributed by atoms with van der Waals surface area (Å²) in [4.78, 5) is 5.15. The predicted molar refractivity (Wildman–Crippen MR) is 90.6 cm³/mol. The molecule has 1 aromatic carbocycles. The fourth-order valence-corrected chi connectivity index (χ4v) is 3.38. The molecule has 1 aliphatic rings. The average Bonchev–Trinajstić information content (AvgIpc) is 2.45. The fraction of sp³-hybridized carbons (Fsp3) is 0.667. The molecule has 0 saturated carbocycles. The van der Waals surface area contributed by atoms with E-state index in [2.05, 4.69) is 55.7 Å². The van der Waals surface area contributed by atoms with E-state index < -0.39 is 0 Å². The highest BCUT2D eigenvalue weighted by Gasteiger charge is 2.25. The number of nitrogens with zero attached hydrogens (tertiary/aromatic N) is 2. The second-order valence-corrected chi connectivity index (χ2v) is 6.77. The zero-order valence-corrected chi connectivity index (χ0v) is 14.1. The van der Waals surface area contributed by atoms with Crippen LogP contribution in [0.25, 0.3) is 0 Å². The summed E-state index contributed by atoms with van der Waals surface area (Å²) in [5, 5.41) is 0. The Balaban J connectivity index is 2.04. The molecular formula is C18H31N3. The van der Waals surface area contributed by atoms with E-state index in [4.69, 9.17) is 5.73 Å². The summed E-state index contributed by atoms with van der Waals surface area (Å²) < 4.78 is 0. The Morgan fingerprint density at radius 1 is 1.10 bits per heavy atom. The van der Waals surface area contributed by atoms with Crippen molar-refractivity contribution in [3.8, 4) is 0 Å². The van der Waals surface area contributed by atoms with Gasteiger partial charge in [0.25, 0.3) is 0 Å². The number of benzene rings is 1. The quantitative estimate of drug-likeness (QED) is 0.904. The van der Waals surface area contributed by atoms with E-state index in [0.717, 1.165) is 19.0 Å². The van der Waals surface area contributed by atoms with E-state index in [1.54, 1.807) is 0 Å². The van der Waals surface area contributed by atoms with Crippen molar-refractivity contribution in [1.82, 2.24) is 9.80 Å². The van der Waals surface area contributed by atoms with Crippen LogP contribution < -0.4 is 5.73 Å². The maximum atomic E-state index is 6.11. The Bertz CT molecular complexity index is 448. The molecule has 1 aliphatic heterocycles. The molecular weight excluding hydrogens is 258 g/mol. The maximum Gasteiger partial charge on any atom is 0.0474 e. The lowest BCUT2D eigenvalue weighted by atomic mass is 9.96. The molecule has 0 aromatic heterocycles. The van der Waals surface area contributed by atoms with Crippen molar-refractivity contribution in [3.05, 3.63) is 34.9 Å². The van der Waals surface area contributed by atoms with E-state index in [1.165, 1.54) is 36.3 Å². The van der Waals surface area contributed by atoms with Gasteiger partial charge >= 0.3 is 0 Å². The zero-order valence-electron chi connectivity index (χ0n) is 14.1. The highest BCUT2D eigenvalue weighted by molar-refractivity contribution is 5.35. The highest BCUT2D eigenvalue weighted by Crippen LogP contribution is 2.26. The molecule has 0 spiro atoms. The first-order valence-electron chi connectivity index (χ1n) is 8.25. The Morgan fingerprint density at radius 3 is 2.33 bits per heavy atom. The lowest BCUT2D eigenvalue weighted by Crippen LogP contribution is -2.49. The third-order valence-corrected chi connectivity index (χ3v) is 4.70. The molecule has 1 saturated heterocycles. The van der Waals surface area contributed by atoms with Gasteiger partial charge in [0.2, 0.25) is 0 Å². The van der Waals surface area contributed by atoms with Crippen molar-refractivity contribution in [2.24, 2.45) is 11.7 Å². The van der Waals surface area contributed by atoms with Gasteiger partial charge in [-0.3, -0.25) is 4.90 Å². The number of rotatable bonds is 5. The minimum atomic E-state index is 0.367. The zero-order chi connectivity index (χ0) is 15.4. The van der Waals surface area contributed by atoms with Gasteiger partial charge in [-0.25, -0.2) is 0 Å². The number of piperazine rings is 1. The van der Waals surface area contributed by atoms with Crippen molar-refractivity contribution in [3.63, 3.8) is 0 Å². The number of nitrogens with two attached hydrogens (primary N) is 1. The molecule has 3 heteroatoms. The van der Waals surface area contributed by atoms with Crippen molar-refractivity contribution >= 4 is 0 Å². The molecule has 3 nitrogen and oxygen atoms in total. The van der Waals surface area contributed by atoms with Crippen molar-refractivity contribution in [2.45, 2.75) is 33.7 Å². The minimum Gasteiger partial charge on any atom is -0.329 e. The average molecular weight is 289 g/mol. The van der Waals surface area contributed by atoms with E-state index in [1.807, 2.05) is 0 Å². The Hall–Kier alpha value is -0.900. The first kappa shape index (κ1) is 16.5. The molecule has 2 N–H and O–H groups in total. The van der Waals surface area contributed by atoms with E-state index in [0.29, 0.717) is 12.6 Å². The molecule has 0 bridgehead atoms. The van der Waals surface area contributed by atoms with E-state index >= 15 is 0 Å². The van der Waals surface area contributed by atoms with Crippen molar-refractivity contribution in [1.29, 1.82) is 0 Å². The SMILES string of the molecule is Cc1cccc(C(CN)N2CCN(CC(C)C)CC2)c1C. The lowest BCUT2D eigenvalue weighted by Gasteiger charge is -2.40. The molecule has 1 unspecified atom stereocenters. The molecule has 0 radical (unpaired) electrons. The Morgan fingerprint density at radius 2 is 1.76 bits per heavy atom. The standard InChI is InChI=1S/C18H31N3/c1-14(2)13-20-8-10-21(11-9-20)18(12-19)17-7-5-6-15(3)16(17)4/h5-7,14,18H,8-13,19H2,1-4H3. The van der Waals surface area contributed by atoms with Crippen LogP contribution in [0.2, 0.25) is 0 Å². The normalized spacial score (nSPS) is 19.1. The second-order valence-electron chi connectivity index (χ2n) is 6.77. The third-order valence-electron chi connectivity index (χ3n) is 4.70. The summed E-state index contributed by atoms with van der Waals surface area (Å²) in [5.41, 5.74) is 10.3. The van der Waals surface area contributed by atoms with Gasteiger partial charge < -0.3 is 10.6 Å². The van der Waals surface area contributed by atoms with Gasteiger partial charge in [0.15, 0.2) is 0 Å². The fourth-order valence-electron chi connectivity index (χ4n) is 3.38. The first-order chi connectivity index (χ1) is 10.0. The minimum absolute atomic E-state index is 0.367. The van der Waals surface area contributed by atoms with E-state index in [-0.39, 0.29) is 0 Å². The van der Waals surface area contributed by atoms with Gasteiger partial charge in [0.1, 0.15) is 0 Å². The number of hydrogen-bond acceptors (Lipinski definition) is 3. The highest BCUT2D eigenvalue weighted by atomic mass is 15.3. The molecule has 0 amide bonds. The van der Waals surface area contributed by atoms with Crippen molar-refractivity contribution < 1.29 is 0 Å². The molecule has 1 fully saturated rings. The van der Waals surface area contributed by atoms with Crippen LogP contribution in [-0.2, 0) is 0 Å². The summed E-state index contributed by atoms with van der Waals surface area (Å²) in [7, 11) is 0. The smallest absolute Gasteiger partial charge is 0.0474 e. The predicted octanol–water partition coefficient (Wildman–Crippen LogP) is 2.58. The van der Waals surface area contributed by atoms with Gasteiger partial charge in [-0.1, -0.05) is 32.0 Å². The van der Waals surface area contributed by atoms with Gasteiger partial charge in [-0.2, -0.15) is 0 Å². The molecule has 2 rings (SSSR count). The van der Waals surface area contributed by atoms with Gasteiger partial charge in [0.05, 0.1) is 0 Å². The van der Waals surface area contributed by atoms with Gasteiger partial charge in [-0.05, 0) is 36.5 Å².